The lowest BCUT2D eigenvalue weighted by molar-refractivity contribution is 0.0584. The van der Waals surface area contributed by atoms with Crippen LogP contribution in [0.25, 0.3) is 0 Å². The van der Waals surface area contributed by atoms with Gasteiger partial charge < -0.3 is 10.5 Å². The number of carbonyl (C=O) groups excluding carboxylic acids is 1. The van der Waals surface area contributed by atoms with Gasteiger partial charge in [0.25, 0.3) is 0 Å². The Morgan fingerprint density at radius 3 is 2.62 bits per heavy atom. The SMILES string of the molecule is CC(C)(C)OC(=O)N1CCc2cc(C3(N)CCC3)ccc21. The van der Waals surface area contributed by atoms with E-state index in [0.717, 1.165) is 24.9 Å². The van der Waals surface area contributed by atoms with Crippen molar-refractivity contribution < 1.29 is 9.53 Å². The van der Waals surface area contributed by atoms with Gasteiger partial charge in [-0.15, -0.1) is 0 Å². The normalized spacial score (nSPS) is 19.9. The summed E-state index contributed by atoms with van der Waals surface area (Å²) in [4.78, 5) is 14.0. The topological polar surface area (TPSA) is 55.6 Å². The molecule has 1 amide bonds. The summed E-state index contributed by atoms with van der Waals surface area (Å²) < 4.78 is 5.47. The summed E-state index contributed by atoms with van der Waals surface area (Å²) in [5, 5.41) is 0. The zero-order chi connectivity index (χ0) is 15.3. The highest BCUT2D eigenvalue weighted by molar-refractivity contribution is 5.90. The average Bonchev–Trinajstić information content (AvgIpc) is 2.76. The molecular weight excluding hydrogens is 264 g/mol. The molecule has 0 bridgehead atoms. The van der Waals surface area contributed by atoms with E-state index in [0.29, 0.717) is 6.54 Å². The van der Waals surface area contributed by atoms with Gasteiger partial charge in [-0.05, 0) is 63.6 Å². The Labute approximate surface area is 126 Å². The summed E-state index contributed by atoms with van der Waals surface area (Å²) in [6.45, 7) is 6.35. The van der Waals surface area contributed by atoms with Crippen molar-refractivity contribution in [1.29, 1.82) is 0 Å². The Balaban J connectivity index is 1.82. The molecule has 4 nitrogen and oxygen atoms in total. The first kappa shape index (κ1) is 14.4. The molecule has 0 radical (unpaired) electrons. The van der Waals surface area contributed by atoms with Crippen molar-refractivity contribution in [2.45, 2.75) is 57.6 Å². The number of fused-ring (bicyclic) bond motifs is 1. The predicted octanol–water partition coefficient (Wildman–Crippen LogP) is 3.32. The van der Waals surface area contributed by atoms with Crippen molar-refractivity contribution in [3.8, 4) is 0 Å². The first-order chi connectivity index (χ1) is 9.78. The molecule has 1 heterocycles. The van der Waals surface area contributed by atoms with Gasteiger partial charge >= 0.3 is 6.09 Å². The van der Waals surface area contributed by atoms with E-state index < -0.39 is 5.60 Å². The summed E-state index contributed by atoms with van der Waals surface area (Å²) >= 11 is 0. The number of nitrogens with zero attached hydrogens (tertiary/aromatic N) is 1. The fourth-order valence-corrected chi connectivity index (χ4v) is 3.06. The highest BCUT2D eigenvalue weighted by Crippen LogP contribution is 2.41. The Bertz CT molecular complexity index is 571. The molecular formula is C17H24N2O2. The van der Waals surface area contributed by atoms with Gasteiger partial charge in [-0.1, -0.05) is 12.1 Å². The highest BCUT2D eigenvalue weighted by atomic mass is 16.6. The van der Waals surface area contributed by atoms with Crippen molar-refractivity contribution >= 4 is 11.8 Å². The monoisotopic (exact) mass is 288 g/mol. The Morgan fingerprint density at radius 2 is 2.05 bits per heavy atom. The Hall–Kier alpha value is -1.55. The largest absolute Gasteiger partial charge is 0.443 e. The maximum absolute atomic E-state index is 12.3. The smallest absolute Gasteiger partial charge is 0.414 e. The van der Waals surface area contributed by atoms with Crippen LogP contribution in [0.15, 0.2) is 18.2 Å². The van der Waals surface area contributed by atoms with Gasteiger partial charge in [0.05, 0.1) is 5.69 Å². The number of nitrogens with two attached hydrogens (primary N) is 1. The van der Waals surface area contributed by atoms with E-state index in [4.69, 9.17) is 10.5 Å². The molecule has 0 spiro atoms. The minimum atomic E-state index is -0.465. The van der Waals surface area contributed by atoms with Crippen LogP contribution in [-0.4, -0.2) is 18.2 Å². The molecule has 0 aromatic heterocycles. The fraction of sp³-hybridized carbons (Fsp3) is 0.588. The van der Waals surface area contributed by atoms with Crippen LogP contribution in [0.1, 0.15) is 51.2 Å². The zero-order valence-corrected chi connectivity index (χ0v) is 13.1. The van der Waals surface area contributed by atoms with Crippen molar-refractivity contribution in [1.82, 2.24) is 0 Å². The van der Waals surface area contributed by atoms with Crippen LogP contribution < -0.4 is 10.6 Å². The zero-order valence-electron chi connectivity index (χ0n) is 13.1. The number of amides is 1. The number of carbonyl (C=O) groups is 1. The molecule has 1 aromatic rings. The quantitative estimate of drug-likeness (QED) is 0.862. The van der Waals surface area contributed by atoms with Gasteiger partial charge in [0.2, 0.25) is 0 Å². The minimum absolute atomic E-state index is 0.144. The molecule has 3 rings (SSSR count). The highest BCUT2D eigenvalue weighted by Gasteiger charge is 2.36. The molecule has 21 heavy (non-hydrogen) atoms. The van der Waals surface area contributed by atoms with Gasteiger partial charge in [-0.2, -0.15) is 0 Å². The van der Waals surface area contributed by atoms with Crippen LogP contribution in [-0.2, 0) is 16.7 Å². The van der Waals surface area contributed by atoms with E-state index >= 15 is 0 Å². The molecule has 114 valence electrons. The van der Waals surface area contributed by atoms with Crippen LogP contribution >= 0.6 is 0 Å². The van der Waals surface area contributed by atoms with Crippen LogP contribution in [0.3, 0.4) is 0 Å². The van der Waals surface area contributed by atoms with Crippen molar-refractivity contribution in [2.75, 3.05) is 11.4 Å². The van der Waals surface area contributed by atoms with Crippen LogP contribution in [0.2, 0.25) is 0 Å². The molecule has 1 fully saturated rings. The number of rotatable bonds is 1. The lowest BCUT2D eigenvalue weighted by Crippen LogP contribution is -2.43. The third-order valence-electron chi connectivity index (χ3n) is 4.41. The molecule has 1 aliphatic heterocycles. The number of anilines is 1. The summed E-state index contributed by atoms with van der Waals surface area (Å²) in [5.41, 5.74) is 9.16. The van der Waals surface area contributed by atoms with Crippen LogP contribution in [0.5, 0.6) is 0 Å². The number of ether oxygens (including phenoxy) is 1. The van der Waals surface area contributed by atoms with E-state index in [-0.39, 0.29) is 11.6 Å². The minimum Gasteiger partial charge on any atom is -0.443 e. The van der Waals surface area contributed by atoms with Gasteiger partial charge in [-0.25, -0.2) is 4.79 Å². The van der Waals surface area contributed by atoms with Gasteiger partial charge in [0.1, 0.15) is 5.60 Å². The summed E-state index contributed by atoms with van der Waals surface area (Å²) in [7, 11) is 0. The van der Waals surface area contributed by atoms with Crippen molar-refractivity contribution in [3.63, 3.8) is 0 Å². The summed E-state index contributed by atoms with van der Waals surface area (Å²) in [5.74, 6) is 0. The maximum Gasteiger partial charge on any atom is 0.414 e. The van der Waals surface area contributed by atoms with E-state index in [2.05, 4.69) is 12.1 Å². The fourth-order valence-electron chi connectivity index (χ4n) is 3.06. The third-order valence-corrected chi connectivity index (χ3v) is 4.41. The van der Waals surface area contributed by atoms with E-state index in [1.165, 1.54) is 17.5 Å². The van der Waals surface area contributed by atoms with Crippen molar-refractivity contribution in [3.05, 3.63) is 29.3 Å². The first-order valence-corrected chi connectivity index (χ1v) is 7.71. The average molecular weight is 288 g/mol. The molecule has 1 saturated carbocycles. The predicted molar refractivity (Wildman–Crippen MR) is 83.4 cm³/mol. The lowest BCUT2D eigenvalue weighted by atomic mass is 9.72. The molecule has 0 unspecified atom stereocenters. The Kier molecular flexibility index (Phi) is 3.24. The second kappa shape index (κ2) is 4.73. The Morgan fingerprint density at radius 1 is 1.33 bits per heavy atom. The number of hydrogen-bond acceptors (Lipinski definition) is 3. The van der Waals surface area contributed by atoms with Crippen LogP contribution in [0, 0.1) is 0 Å². The molecule has 2 N–H and O–H groups in total. The number of benzene rings is 1. The molecule has 1 aromatic carbocycles. The third kappa shape index (κ3) is 2.64. The standard InChI is InChI=1S/C17H24N2O2/c1-16(2,3)21-15(20)19-10-7-12-11-13(5-6-14(12)19)17(18)8-4-9-17/h5-6,11H,4,7-10,18H2,1-3H3. The second-order valence-electron chi connectivity index (χ2n) is 7.24. The molecule has 2 aliphatic rings. The van der Waals surface area contributed by atoms with E-state index in [1.54, 1.807) is 4.90 Å². The summed E-state index contributed by atoms with van der Waals surface area (Å²) in [6, 6.07) is 6.27. The summed E-state index contributed by atoms with van der Waals surface area (Å²) in [6.07, 6.45) is 3.93. The first-order valence-electron chi connectivity index (χ1n) is 7.71. The van der Waals surface area contributed by atoms with E-state index in [9.17, 15) is 4.79 Å². The van der Waals surface area contributed by atoms with Crippen molar-refractivity contribution in [2.24, 2.45) is 5.73 Å². The lowest BCUT2D eigenvalue weighted by Gasteiger charge is -2.39. The molecule has 1 aliphatic carbocycles. The maximum atomic E-state index is 12.3. The van der Waals surface area contributed by atoms with Gasteiger partial charge in [0.15, 0.2) is 0 Å². The van der Waals surface area contributed by atoms with Gasteiger partial charge in [-0.3, -0.25) is 4.90 Å². The second-order valence-corrected chi connectivity index (χ2v) is 7.24. The van der Waals surface area contributed by atoms with Crippen LogP contribution in [0.4, 0.5) is 10.5 Å². The molecule has 0 atom stereocenters. The van der Waals surface area contributed by atoms with E-state index in [1.807, 2.05) is 26.8 Å². The van der Waals surface area contributed by atoms with Gasteiger partial charge in [0, 0.05) is 12.1 Å². The molecule has 4 heteroatoms. The number of hydrogen-bond donors (Lipinski definition) is 1. The molecule has 0 saturated heterocycles.